The maximum Gasteiger partial charge on any atom is 0.294 e. The third kappa shape index (κ3) is 3.85. The van der Waals surface area contributed by atoms with Crippen molar-refractivity contribution in [1.29, 1.82) is 5.26 Å². The van der Waals surface area contributed by atoms with Crippen molar-refractivity contribution in [3.05, 3.63) is 60.2 Å². The normalized spacial score (nSPS) is 12.4. The third-order valence-electron chi connectivity index (χ3n) is 3.29. The van der Waals surface area contributed by atoms with Crippen LogP contribution in [-0.2, 0) is 16.7 Å². The highest BCUT2D eigenvalue weighted by Crippen LogP contribution is 2.21. The van der Waals surface area contributed by atoms with Gasteiger partial charge in [-0.15, -0.1) is 0 Å². The average molecular weight is 316 g/mol. The van der Waals surface area contributed by atoms with Crippen LogP contribution in [0.5, 0.6) is 0 Å². The Morgan fingerprint density at radius 1 is 1.18 bits per heavy atom. The summed E-state index contributed by atoms with van der Waals surface area (Å²) < 4.78 is 31.6. The van der Waals surface area contributed by atoms with Gasteiger partial charge in [-0.25, -0.2) is 0 Å². The Balaban J connectivity index is 2.35. The molecule has 1 N–H and O–H groups in total. The topological polar surface area (TPSA) is 81.4 Å². The number of nitriles is 1. The lowest BCUT2D eigenvalue weighted by Gasteiger charge is -2.27. The zero-order chi connectivity index (χ0) is 16.2. The molecule has 0 aliphatic carbocycles. The number of para-hydroxylation sites is 1. The van der Waals surface area contributed by atoms with Gasteiger partial charge in [0.1, 0.15) is 6.04 Å². The molecule has 0 amide bonds. The van der Waals surface area contributed by atoms with Gasteiger partial charge >= 0.3 is 0 Å². The average Bonchev–Trinajstić information content (AvgIpc) is 2.52. The molecule has 0 bridgehead atoms. The van der Waals surface area contributed by atoms with Crippen LogP contribution in [0.1, 0.15) is 12.5 Å². The molecule has 0 aliphatic rings. The largest absolute Gasteiger partial charge is 0.351 e. The van der Waals surface area contributed by atoms with Crippen LogP contribution in [-0.4, -0.2) is 19.0 Å². The number of nitrogens with zero attached hydrogens (tertiary/aromatic N) is 2. The fourth-order valence-corrected chi connectivity index (χ4v) is 2.69. The van der Waals surface area contributed by atoms with Crippen LogP contribution in [0, 0.1) is 11.3 Å². The Bertz CT molecular complexity index is 783. The number of benzene rings is 2. The van der Waals surface area contributed by atoms with Crippen LogP contribution >= 0.6 is 0 Å². The lowest BCUT2D eigenvalue weighted by atomic mass is 10.1. The van der Waals surface area contributed by atoms with Gasteiger partial charge in [-0.1, -0.05) is 30.3 Å². The number of hydrogen-bond donors (Lipinski definition) is 1. The molecule has 2 aromatic carbocycles. The van der Waals surface area contributed by atoms with Crippen LogP contribution in [0.4, 0.5) is 5.69 Å². The van der Waals surface area contributed by atoms with E-state index < -0.39 is 10.1 Å². The predicted molar refractivity (Wildman–Crippen MR) is 84.0 cm³/mol. The van der Waals surface area contributed by atoms with Crippen LogP contribution < -0.4 is 4.90 Å². The van der Waals surface area contributed by atoms with E-state index in [1.54, 1.807) is 19.1 Å². The number of rotatable bonds is 5. The first kappa shape index (κ1) is 16.0. The molecule has 0 aromatic heterocycles. The molecule has 0 heterocycles. The molecule has 0 radical (unpaired) electrons. The fourth-order valence-electron chi connectivity index (χ4n) is 2.14. The second kappa shape index (κ2) is 6.60. The van der Waals surface area contributed by atoms with E-state index in [1.807, 2.05) is 35.2 Å². The van der Waals surface area contributed by atoms with Crippen molar-refractivity contribution in [1.82, 2.24) is 0 Å². The molecule has 0 saturated heterocycles. The van der Waals surface area contributed by atoms with E-state index in [4.69, 9.17) is 4.55 Å². The summed E-state index contributed by atoms with van der Waals surface area (Å²) in [4.78, 5) is 1.71. The van der Waals surface area contributed by atoms with E-state index >= 15 is 0 Å². The molecule has 2 rings (SSSR count). The summed E-state index contributed by atoms with van der Waals surface area (Å²) in [6.07, 6.45) is 0. The summed E-state index contributed by atoms with van der Waals surface area (Å²) in [5.41, 5.74) is 1.56. The van der Waals surface area contributed by atoms with Crippen molar-refractivity contribution in [2.45, 2.75) is 24.4 Å². The Morgan fingerprint density at radius 2 is 1.86 bits per heavy atom. The van der Waals surface area contributed by atoms with Gasteiger partial charge in [-0.05, 0) is 36.8 Å². The smallest absolute Gasteiger partial charge is 0.294 e. The quantitative estimate of drug-likeness (QED) is 0.858. The van der Waals surface area contributed by atoms with E-state index in [1.165, 1.54) is 12.1 Å². The van der Waals surface area contributed by atoms with E-state index in [2.05, 4.69) is 6.07 Å². The van der Waals surface area contributed by atoms with Crippen molar-refractivity contribution < 1.29 is 13.0 Å². The molecule has 5 nitrogen and oxygen atoms in total. The van der Waals surface area contributed by atoms with Gasteiger partial charge in [0.05, 0.1) is 11.0 Å². The van der Waals surface area contributed by atoms with E-state index in [9.17, 15) is 13.7 Å². The maximum atomic E-state index is 11.2. The monoisotopic (exact) mass is 316 g/mol. The summed E-state index contributed by atoms with van der Waals surface area (Å²) in [6, 6.07) is 17.3. The molecule has 6 heteroatoms. The molecular formula is C16H16N2O3S. The summed E-state index contributed by atoms with van der Waals surface area (Å²) in [5, 5.41) is 9.20. The van der Waals surface area contributed by atoms with Crippen LogP contribution in [0.25, 0.3) is 0 Å². The molecule has 0 fully saturated rings. The Morgan fingerprint density at radius 3 is 2.45 bits per heavy atom. The van der Waals surface area contributed by atoms with Gasteiger partial charge in [-0.2, -0.15) is 13.7 Å². The standard InChI is InChI=1S/C16H16N2O3S/c1-13(11-17)18(15-7-3-2-4-8-15)12-14-6-5-9-16(10-14)22(19,20)21/h2-10,13H,12H2,1H3,(H,19,20,21). The molecule has 0 spiro atoms. The Hall–Kier alpha value is -2.36. The number of anilines is 1. The maximum absolute atomic E-state index is 11.2. The molecule has 0 saturated carbocycles. The molecule has 114 valence electrons. The van der Waals surface area contributed by atoms with Gasteiger partial charge < -0.3 is 4.90 Å². The zero-order valence-electron chi connectivity index (χ0n) is 12.0. The van der Waals surface area contributed by atoms with Gasteiger partial charge in [0.2, 0.25) is 0 Å². The zero-order valence-corrected chi connectivity index (χ0v) is 12.9. The van der Waals surface area contributed by atoms with Crippen LogP contribution in [0.3, 0.4) is 0 Å². The minimum Gasteiger partial charge on any atom is -0.351 e. The summed E-state index contributed by atoms with van der Waals surface area (Å²) in [5.74, 6) is 0. The second-order valence-electron chi connectivity index (χ2n) is 4.89. The summed E-state index contributed by atoms with van der Waals surface area (Å²) in [7, 11) is -4.24. The molecule has 0 aliphatic heterocycles. The fraction of sp³-hybridized carbons (Fsp3) is 0.188. The molecule has 2 aromatic rings. The Kier molecular flexibility index (Phi) is 4.81. The first-order valence-electron chi connectivity index (χ1n) is 6.69. The minimum atomic E-state index is -4.24. The van der Waals surface area contributed by atoms with Gasteiger partial charge in [-0.3, -0.25) is 4.55 Å². The summed E-state index contributed by atoms with van der Waals surface area (Å²) >= 11 is 0. The predicted octanol–water partition coefficient (Wildman–Crippen LogP) is 2.85. The lowest BCUT2D eigenvalue weighted by Crippen LogP contribution is -2.31. The van der Waals surface area contributed by atoms with E-state index in [-0.39, 0.29) is 10.9 Å². The second-order valence-corrected chi connectivity index (χ2v) is 6.31. The molecule has 1 atom stereocenters. The Labute approximate surface area is 130 Å². The number of hydrogen-bond acceptors (Lipinski definition) is 4. The van der Waals surface area contributed by atoms with Crippen LogP contribution in [0.2, 0.25) is 0 Å². The van der Waals surface area contributed by atoms with Crippen molar-refractivity contribution in [3.8, 4) is 6.07 Å². The highest BCUT2D eigenvalue weighted by atomic mass is 32.2. The highest BCUT2D eigenvalue weighted by Gasteiger charge is 2.16. The van der Waals surface area contributed by atoms with E-state index in [0.29, 0.717) is 12.1 Å². The van der Waals surface area contributed by atoms with E-state index in [0.717, 1.165) is 5.69 Å². The summed E-state index contributed by atoms with van der Waals surface area (Å²) in [6.45, 7) is 2.14. The van der Waals surface area contributed by atoms with Crippen molar-refractivity contribution in [3.63, 3.8) is 0 Å². The minimum absolute atomic E-state index is 0.150. The van der Waals surface area contributed by atoms with Crippen molar-refractivity contribution >= 4 is 15.8 Å². The van der Waals surface area contributed by atoms with Crippen molar-refractivity contribution in [2.75, 3.05) is 4.90 Å². The van der Waals surface area contributed by atoms with Crippen molar-refractivity contribution in [2.24, 2.45) is 0 Å². The molecule has 1 unspecified atom stereocenters. The van der Waals surface area contributed by atoms with Crippen LogP contribution in [0.15, 0.2) is 59.5 Å². The molecular weight excluding hydrogens is 300 g/mol. The first-order valence-corrected chi connectivity index (χ1v) is 8.13. The first-order chi connectivity index (χ1) is 10.4. The third-order valence-corrected chi connectivity index (χ3v) is 4.14. The van der Waals surface area contributed by atoms with Gasteiger partial charge in [0.25, 0.3) is 10.1 Å². The molecule has 22 heavy (non-hydrogen) atoms. The SMILES string of the molecule is CC(C#N)N(Cc1cccc(S(=O)(=O)O)c1)c1ccccc1. The van der Waals surface area contributed by atoms with Gasteiger partial charge in [0, 0.05) is 12.2 Å². The van der Waals surface area contributed by atoms with Gasteiger partial charge in [0.15, 0.2) is 0 Å². The lowest BCUT2D eigenvalue weighted by molar-refractivity contribution is 0.483. The highest BCUT2D eigenvalue weighted by molar-refractivity contribution is 7.85.